The molecule has 0 bridgehead atoms. The van der Waals surface area contributed by atoms with Gasteiger partial charge in [0.05, 0.1) is 24.3 Å². The van der Waals surface area contributed by atoms with Crippen LogP contribution in [-0.4, -0.2) is 34.3 Å². The van der Waals surface area contributed by atoms with Gasteiger partial charge < -0.3 is 10.2 Å². The third-order valence-electron chi connectivity index (χ3n) is 2.62. The summed E-state index contributed by atoms with van der Waals surface area (Å²) in [5.74, 6) is -0.114. The van der Waals surface area contributed by atoms with Gasteiger partial charge in [-0.05, 0) is 6.42 Å². The third-order valence-corrected chi connectivity index (χ3v) is 3.25. The maximum absolute atomic E-state index is 11.7. The van der Waals surface area contributed by atoms with Gasteiger partial charge in [-0.2, -0.15) is 0 Å². The quantitative estimate of drug-likeness (QED) is 0.829. The molecule has 0 radical (unpaired) electrons. The molecular weight excluding hydrogens is 226 g/mol. The zero-order valence-electron chi connectivity index (χ0n) is 8.97. The predicted octanol–water partition coefficient (Wildman–Crippen LogP) is 0.380. The van der Waals surface area contributed by atoms with E-state index in [-0.39, 0.29) is 24.4 Å². The highest BCUT2D eigenvalue weighted by atomic mass is 32.1. The lowest BCUT2D eigenvalue weighted by molar-refractivity contribution is -0.146. The molecule has 1 aliphatic heterocycles. The van der Waals surface area contributed by atoms with Crippen LogP contribution in [0, 0.1) is 0 Å². The van der Waals surface area contributed by atoms with Crippen LogP contribution in [0.2, 0.25) is 0 Å². The minimum Gasteiger partial charge on any atom is -0.345 e. The predicted molar refractivity (Wildman–Crippen MR) is 59.8 cm³/mol. The molecule has 1 unspecified atom stereocenters. The number of hydrogen-bond acceptors (Lipinski definition) is 4. The van der Waals surface area contributed by atoms with Gasteiger partial charge in [0.25, 0.3) is 0 Å². The number of carbonyl (C=O) groups excluding carboxylic acids is 2. The first kappa shape index (κ1) is 11.1. The molecule has 0 saturated carbocycles. The second-order valence-corrected chi connectivity index (χ2v) is 4.36. The van der Waals surface area contributed by atoms with Crippen molar-refractivity contribution in [1.29, 1.82) is 0 Å². The SMILES string of the molecule is CCC1C(=O)NCC(=O)N1Cc1cscn1. The Bertz CT molecular complexity index is 391. The summed E-state index contributed by atoms with van der Waals surface area (Å²) in [4.78, 5) is 29.0. The highest BCUT2D eigenvalue weighted by molar-refractivity contribution is 7.07. The summed E-state index contributed by atoms with van der Waals surface area (Å²) in [5, 5.41) is 4.49. The van der Waals surface area contributed by atoms with Gasteiger partial charge in [0, 0.05) is 5.38 Å². The van der Waals surface area contributed by atoms with E-state index in [0.29, 0.717) is 13.0 Å². The number of aromatic nitrogens is 1. The summed E-state index contributed by atoms with van der Waals surface area (Å²) in [7, 11) is 0. The summed E-state index contributed by atoms with van der Waals surface area (Å²) >= 11 is 1.49. The number of rotatable bonds is 3. The van der Waals surface area contributed by atoms with Crippen LogP contribution in [0.1, 0.15) is 19.0 Å². The molecule has 16 heavy (non-hydrogen) atoms. The van der Waals surface area contributed by atoms with Crippen LogP contribution in [0.5, 0.6) is 0 Å². The zero-order chi connectivity index (χ0) is 11.5. The molecule has 1 aromatic heterocycles. The van der Waals surface area contributed by atoms with Crippen LogP contribution in [0.4, 0.5) is 0 Å². The second-order valence-electron chi connectivity index (χ2n) is 3.64. The van der Waals surface area contributed by atoms with Crippen LogP contribution < -0.4 is 5.32 Å². The van der Waals surface area contributed by atoms with Gasteiger partial charge in [0.2, 0.25) is 11.8 Å². The maximum Gasteiger partial charge on any atom is 0.243 e. The number of nitrogens with one attached hydrogen (secondary N) is 1. The Morgan fingerprint density at radius 1 is 1.62 bits per heavy atom. The van der Waals surface area contributed by atoms with Crippen molar-refractivity contribution in [2.75, 3.05) is 6.54 Å². The Morgan fingerprint density at radius 3 is 3.06 bits per heavy atom. The number of carbonyl (C=O) groups is 2. The van der Waals surface area contributed by atoms with E-state index in [1.165, 1.54) is 11.3 Å². The van der Waals surface area contributed by atoms with Gasteiger partial charge in [-0.25, -0.2) is 4.98 Å². The fourth-order valence-corrected chi connectivity index (χ4v) is 2.34. The van der Waals surface area contributed by atoms with Gasteiger partial charge in [0.15, 0.2) is 0 Å². The van der Waals surface area contributed by atoms with Crippen molar-refractivity contribution in [2.45, 2.75) is 25.9 Å². The fourth-order valence-electron chi connectivity index (χ4n) is 1.79. The molecule has 1 atom stereocenters. The number of piperazine rings is 1. The molecule has 2 heterocycles. The van der Waals surface area contributed by atoms with Gasteiger partial charge in [0.1, 0.15) is 6.04 Å². The molecule has 1 aromatic rings. The highest BCUT2D eigenvalue weighted by Crippen LogP contribution is 2.14. The van der Waals surface area contributed by atoms with Crippen molar-refractivity contribution in [3.8, 4) is 0 Å². The average Bonchev–Trinajstić information content (AvgIpc) is 2.77. The fraction of sp³-hybridized carbons (Fsp3) is 0.500. The maximum atomic E-state index is 11.7. The zero-order valence-corrected chi connectivity index (χ0v) is 9.79. The van der Waals surface area contributed by atoms with Crippen molar-refractivity contribution in [3.05, 3.63) is 16.6 Å². The molecule has 1 saturated heterocycles. The summed E-state index contributed by atoms with van der Waals surface area (Å²) < 4.78 is 0. The molecule has 5 nitrogen and oxygen atoms in total. The normalized spacial score (nSPS) is 21.1. The Morgan fingerprint density at radius 2 is 2.44 bits per heavy atom. The molecule has 2 rings (SSSR count). The molecule has 1 aliphatic rings. The molecule has 6 heteroatoms. The molecule has 0 aromatic carbocycles. The topological polar surface area (TPSA) is 62.3 Å². The molecule has 0 aliphatic carbocycles. The van der Waals surface area contributed by atoms with Gasteiger partial charge in [-0.1, -0.05) is 6.92 Å². The first-order valence-electron chi connectivity index (χ1n) is 5.16. The summed E-state index contributed by atoms with van der Waals surface area (Å²) in [5.41, 5.74) is 2.57. The van der Waals surface area contributed by atoms with Crippen molar-refractivity contribution in [1.82, 2.24) is 15.2 Å². The lowest BCUT2D eigenvalue weighted by atomic mass is 10.1. The van der Waals surface area contributed by atoms with E-state index in [1.54, 1.807) is 10.4 Å². The molecule has 2 amide bonds. The van der Waals surface area contributed by atoms with Crippen LogP contribution >= 0.6 is 11.3 Å². The molecule has 1 fully saturated rings. The van der Waals surface area contributed by atoms with E-state index in [0.717, 1.165) is 5.69 Å². The number of nitrogens with zero attached hydrogens (tertiary/aromatic N) is 2. The number of amides is 2. The van der Waals surface area contributed by atoms with Crippen LogP contribution in [0.25, 0.3) is 0 Å². The summed E-state index contributed by atoms with van der Waals surface area (Å²) in [6, 6.07) is -0.358. The number of thiazole rings is 1. The Kier molecular flexibility index (Phi) is 3.19. The largest absolute Gasteiger partial charge is 0.345 e. The van der Waals surface area contributed by atoms with E-state index >= 15 is 0 Å². The van der Waals surface area contributed by atoms with E-state index < -0.39 is 0 Å². The van der Waals surface area contributed by atoms with E-state index in [2.05, 4.69) is 10.3 Å². The van der Waals surface area contributed by atoms with E-state index in [4.69, 9.17) is 0 Å². The highest BCUT2D eigenvalue weighted by Gasteiger charge is 2.33. The Balaban J connectivity index is 2.15. The van der Waals surface area contributed by atoms with Crippen LogP contribution in [0.15, 0.2) is 10.9 Å². The van der Waals surface area contributed by atoms with Gasteiger partial charge >= 0.3 is 0 Å². The Labute approximate surface area is 97.5 Å². The third kappa shape index (κ3) is 2.06. The standard InChI is InChI=1S/C10H13N3O2S/c1-2-8-10(15)11-3-9(14)13(8)4-7-5-16-6-12-7/h5-6,8H,2-4H2,1H3,(H,11,15). The minimum atomic E-state index is -0.358. The molecule has 0 spiro atoms. The smallest absolute Gasteiger partial charge is 0.243 e. The first-order chi connectivity index (χ1) is 7.72. The lowest BCUT2D eigenvalue weighted by Crippen LogP contribution is -2.57. The molecular formula is C10H13N3O2S. The van der Waals surface area contributed by atoms with Crippen molar-refractivity contribution >= 4 is 23.2 Å². The summed E-state index contributed by atoms with van der Waals surface area (Å²) in [6.45, 7) is 2.42. The molecule has 86 valence electrons. The summed E-state index contributed by atoms with van der Waals surface area (Å²) in [6.07, 6.45) is 0.627. The van der Waals surface area contributed by atoms with E-state index in [9.17, 15) is 9.59 Å². The molecule has 1 N–H and O–H groups in total. The van der Waals surface area contributed by atoms with Crippen molar-refractivity contribution < 1.29 is 9.59 Å². The second kappa shape index (κ2) is 4.61. The number of hydrogen-bond donors (Lipinski definition) is 1. The van der Waals surface area contributed by atoms with Gasteiger partial charge in [-0.3, -0.25) is 9.59 Å². The van der Waals surface area contributed by atoms with E-state index in [1.807, 2.05) is 12.3 Å². The average molecular weight is 239 g/mol. The Hall–Kier alpha value is -1.43. The van der Waals surface area contributed by atoms with Crippen molar-refractivity contribution in [3.63, 3.8) is 0 Å². The van der Waals surface area contributed by atoms with Crippen LogP contribution in [0.3, 0.4) is 0 Å². The monoisotopic (exact) mass is 239 g/mol. The lowest BCUT2D eigenvalue weighted by Gasteiger charge is -2.33. The van der Waals surface area contributed by atoms with Gasteiger partial charge in [-0.15, -0.1) is 11.3 Å². The first-order valence-corrected chi connectivity index (χ1v) is 6.11. The van der Waals surface area contributed by atoms with Crippen LogP contribution in [-0.2, 0) is 16.1 Å². The minimum absolute atomic E-state index is 0.0422. The van der Waals surface area contributed by atoms with Crippen molar-refractivity contribution in [2.24, 2.45) is 0 Å².